The van der Waals surface area contributed by atoms with Crippen molar-refractivity contribution in [2.75, 3.05) is 62.8 Å². The maximum atomic E-state index is 12.7. The molecule has 0 spiro atoms. The van der Waals surface area contributed by atoms with Gasteiger partial charge in [-0.3, -0.25) is 4.79 Å². The number of nitrogens with one attached hydrogen (secondary N) is 1. The van der Waals surface area contributed by atoms with Gasteiger partial charge in [0.25, 0.3) is 0 Å². The van der Waals surface area contributed by atoms with Crippen molar-refractivity contribution >= 4 is 49.8 Å². The van der Waals surface area contributed by atoms with Crippen molar-refractivity contribution in [1.29, 1.82) is 0 Å². The van der Waals surface area contributed by atoms with Gasteiger partial charge in [0.15, 0.2) is 4.34 Å². The Hall–Kier alpha value is -1.77. The highest BCUT2D eigenvalue weighted by Crippen LogP contribution is 2.31. The SMILES string of the molecule is CC(Sc1nnc(N2CCOCC2)s1)C(=O)Nc1ccc(S(=O)(=O)N2CCOCC2)cc1. The van der Waals surface area contributed by atoms with Crippen LogP contribution in [0.4, 0.5) is 10.8 Å². The number of hydrogen-bond donors (Lipinski definition) is 1. The Bertz CT molecular complexity index is 1020. The van der Waals surface area contributed by atoms with Gasteiger partial charge in [0.05, 0.1) is 36.6 Å². The third-order valence-electron chi connectivity index (χ3n) is 5.05. The van der Waals surface area contributed by atoms with Gasteiger partial charge in [-0.15, -0.1) is 10.2 Å². The molecule has 3 heterocycles. The number of sulfonamides is 1. The van der Waals surface area contributed by atoms with E-state index in [0.29, 0.717) is 45.2 Å². The van der Waals surface area contributed by atoms with Gasteiger partial charge in [-0.1, -0.05) is 23.1 Å². The second-order valence-electron chi connectivity index (χ2n) is 7.24. The highest BCUT2D eigenvalue weighted by atomic mass is 32.2. The summed E-state index contributed by atoms with van der Waals surface area (Å²) in [7, 11) is -3.56. The van der Waals surface area contributed by atoms with E-state index in [1.165, 1.54) is 39.5 Å². The fourth-order valence-corrected chi connectivity index (χ4v) is 6.67. The molecular formula is C19H25N5O5S3. The number of thioether (sulfide) groups is 1. The van der Waals surface area contributed by atoms with E-state index in [0.717, 1.165) is 22.6 Å². The molecule has 32 heavy (non-hydrogen) atoms. The van der Waals surface area contributed by atoms with E-state index in [9.17, 15) is 13.2 Å². The van der Waals surface area contributed by atoms with Crippen molar-refractivity contribution in [3.8, 4) is 0 Å². The summed E-state index contributed by atoms with van der Waals surface area (Å²) in [6, 6.07) is 6.23. The molecule has 0 saturated carbocycles. The second kappa shape index (κ2) is 10.4. The van der Waals surface area contributed by atoms with Crippen LogP contribution in [-0.4, -0.2) is 86.7 Å². The maximum absolute atomic E-state index is 12.7. The van der Waals surface area contributed by atoms with Crippen molar-refractivity contribution in [3.05, 3.63) is 24.3 Å². The maximum Gasteiger partial charge on any atom is 0.243 e. The molecule has 2 aliphatic heterocycles. The zero-order chi connectivity index (χ0) is 22.6. The van der Waals surface area contributed by atoms with Crippen molar-refractivity contribution in [2.24, 2.45) is 0 Å². The fourth-order valence-electron chi connectivity index (χ4n) is 3.23. The van der Waals surface area contributed by atoms with E-state index in [-0.39, 0.29) is 10.8 Å². The molecule has 1 aromatic carbocycles. The summed E-state index contributed by atoms with van der Waals surface area (Å²) in [5.41, 5.74) is 0.537. The van der Waals surface area contributed by atoms with Crippen LogP contribution in [0.2, 0.25) is 0 Å². The predicted molar refractivity (Wildman–Crippen MR) is 123 cm³/mol. The van der Waals surface area contributed by atoms with Crippen molar-refractivity contribution < 1.29 is 22.7 Å². The quantitative estimate of drug-likeness (QED) is 0.566. The average Bonchev–Trinajstić information content (AvgIpc) is 3.29. The zero-order valence-corrected chi connectivity index (χ0v) is 20.0. The largest absolute Gasteiger partial charge is 0.379 e. The number of carbonyl (C=O) groups excluding carboxylic acids is 1. The van der Waals surface area contributed by atoms with E-state index >= 15 is 0 Å². The third kappa shape index (κ3) is 5.58. The molecule has 2 aromatic rings. The molecule has 174 valence electrons. The van der Waals surface area contributed by atoms with E-state index in [4.69, 9.17) is 9.47 Å². The monoisotopic (exact) mass is 499 g/mol. The minimum Gasteiger partial charge on any atom is -0.379 e. The van der Waals surface area contributed by atoms with E-state index in [1.54, 1.807) is 19.1 Å². The summed E-state index contributed by atoms with van der Waals surface area (Å²) in [4.78, 5) is 14.9. The number of anilines is 2. The average molecular weight is 500 g/mol. The second-order valence-corrected chi connectivity index (χ2v) is 11.7. The lowest BCUT2D eigenvalue weighted by molar-refractivity contribution is -0.115. The zero-order valence-electron chi connectivity index (χ0n) is 17.6. The molecule has 13 heteroatoms. The number of rotatable bonds is 7. The summed E-state index contributed by atoms with van der Waals surface area (Å²) in [6.07, 6.45) is 0. The highest BCUT2D eigenvalue weighted by molar-refractivity contribution is 8.02. The lowest BCUT2D eigenvalue weighted by Crippen LogP contribution is -2.40. The first-order valence-corrected chi connectivity index (χ1v) is 13.4. The van der Waals surface area contributed by atoms with Crippen LogP contribution in [0.1, 0.15) is 6.92 Å². The fraction of sp³-hybridized carbons (Fsp3) is 0.526. The van der Waals surface area contributed by atoms with Gasteiger partial charge in [-0.25, -0.2) is 8.42 Å². The summed E-state index contributed by atoms with van der Waals surface area (Å²) in [5, 5.41) is 11.7. The minimum absolute atomic E-state index is 0.193. The number of benzene rings is 1. The molecule has 2 saturated heterocycles. The number of aromatic nitrogens is 2. The van der Waals surface area contributed by atoms with E-state index in [1.807, 2.05) is 0 Å². The smallest absolute Gasteiger partial charge is 0.243 e. The predicted octanol–water partition coefficient (Wildman–Crippen LogP) is 1.51. The Kier molecular flexibility index (Phi) is 7.63. The molecule has 1 atom stereocenters. The molecule has 1 N–H and O–H groups in total. The molecule has 10 nitrogen and oxygen atoms in total. The molecule has 1 unspecified atom stereocenters. The Labute approximate surface area is 195 Å². The number of nitrogens with zero attached hydrogens (tertiary/aromatic N) is 4. The van der Waals surface area contributed by atoms with Gasteiger partial charge in [-0.2, -0.15) is 4.31 Å². The molecule has 0 bridgehead atoms. The van der Waals surface area contributed by atoms with Crippen molar-refractivity contribution in [1.82, 2.24) is 14.5 Å². The van der Waals surface area contributed by atoms with Crippen molar-refractivity contribution in [2.45, 2.75) is 21.4 Å². The topological polar surface area (TPSA) is 114 Å². The van der Waals surface area contributed by atoms with Crippen LogP contribution in [0.15, 0.2) is 33.5 Å². The molecule has 0 radical (unpaired) electrons. The first-order chi connectivity index (χ1) is 15.4. The number of ether oxygens (including phenoxy) is 2. The Morgan fingerprint density at radius 3 is 2.34 bits per heavy atom. The number of hydrogen-bond acceptors (Lipinski definition) is 10. The third-order valence-corrected chi connectivity index (χ3v) is 9.14. The summed E-state index contributed by atoms with van der Waals surface area (Å²) in [5.74, 6) is -0.193. The van der Waals surface area contributed by atoms with Crippen LogP contribution in [0.25, 0.3) is 0 Å². The first-order valence-electron chi connectivity index (χ1n) is 10.3. The summed E-state index contributed by atoms with van der Waals surface area (Å²) < 4.78 is 38.1. The molecule has 0 aliphatic carbocycles. The molecular weight excluding hydrogens is 474 g/mol. The normalized spacial score (nSPS) is 19.0. The molecule has 4 rings (SSSR count). The Morgan fingerprint density at radius 1 is 1.06 bits per heavy atom. The van der Waals surface area contributed by atoms with E-state index < -0.39 is 15.3 Å². The van der Waals surface area contributed by atoms with Crippen LogP contribution < -0.4 is 10.2 Å². The highest BCUT2D eigenvalue weighted by Gasteiger charge is 2.26. The van der Waals surface area contributed by atoms with Gasteiger partial charge in [0.2, 0.25) is 21.1 Å². The van der Waals surface area contributed by atoms with Crippen LogP contribution >= 0.6 is 23.1 Å². The van der Waals surface area contributed by atoms with Gasteiger partial charge >= 0.3 is 0 Å². The molecule has 1 amide bonds. The lowest BCUT2D eigenvalue weighted by Gasteiger charge is -2.26. The first kappa shape index (κ1) is 23.4. The summed E-state index contributed by atoms with van der Waals surface area (Å²) >= 11 is 2.80. The van der Waals surface area contributed by atoms with Crippen LogP contribution in [0.5, 0.6) is 0 Å². The Balaban J connectivity index is 1.33. The number of morpholine rings is 2. The van der Waals surface area contributed by atoms with Crippen LogP contribution in [-0.2, 0) is 24.3 Å². The van der Waals surface area contributed by atoms with Crippen LogP contribution in [0, 0.1) is 0 Å². The minimum atomic E-state index is -3.56. The number of amides is 1. The standard InChI is InChI=1S/C19H25N5O5S3/c1-14(30-19-22-21-18(31-19)23-6-10-28-11-7-23)17(25)20-15-2-4-16(5-3-15)32(26,27)24-8-12-29-13-9-24/h2-5,14H,6-13H2,1H3,(H,20,25). The molecule has 2 fully saturated rings. The van der Waals surface area contributed by atoms with E-state index in [2.05, 4.69) is 20.4 Å². The van der Waals surface area contributed by atoms with Gasteiger partial charge in [-0.05, 0) is 31.2 Å². The lowest BCUT2D eigenvalue weighted by atomic mass is 10.3. The summed E-state index contributed by atoms with van der Waals surface area (Å²) in [6.45, 7) is 6.19. The van der Waals surface area contributed by atoms with Crippen molar-refractivity contribution in [3.63, 3.8) is 0 Å². The van der Waals surface area contributed by atoms with Gasteiger partial charge in [0, 0.05) is 31.9 Å². The Morgan fingerprint density at radius 2 is 1.69 bits per heavy atom. The molecule has 2 aliphatic rings. The van der Waals surface area contributed by atoms with Crippen LogP contribution in [0.3, 0.4) is 0 Å². The molecule has 1 aromatic heterocycles. The number of carbonyl (C=O) groups is 1. The van der Waals surface area contributed by atoms with Gasteiger partial charge < -0.3 is 19.7 Å². The van der Waals surface area contributed by atoms with Gasteiger partial charge in [0.1, 0.15) is 0 Å².